The summed E-state index contributed by atoms with van der Waals surface area (Å²) in [5, 5.41) is 13.8. The number of rotatable bonds is 8. The summed E-state index contributed by atoms with van der Waals surface area (Å²) in [6.07, 6.45) is 3.95. The average molecular weight is 347 g/mol. The van der Waals surface area contributed by atoms with Gasteiger partial charge in [0.25, 0.3) is 17.5 Å². The summed E-state index contributed by atoms with van der Waals surface area (Å²) in [4.78, 5) is 47.9. The van der Waals surface area contributed by atoms with Crippen LogP contribution >= 0.6 is 0 Å². The van der Waals surface area contributed by atoms with Crippen LogP contribution in [0.4, 0.5) is 5.69 Å². The molecule has 1 heterocycles. The van der Waals surface area contributed by atoms with Gasteiger partial charge in [-0.1, -0.05) is 32.3 Å². The quantitative estimate of drug-likeness (QED) is 0.336. The highest BCUT2D eigenvalue weighted by atomic mass is 16.6. The molecular weight excluding hydrogens is 326 g/mol. The van der Waals surface area contributed by atoms with Gasteiger partial charge in [-0.05, 0) is 19.4 Å². The van der Waals surface area contributed by atoms with E-state index in [0.29, 0.717) is 0 Å². The van der Waals surface area contributed by atoms with E-state index in [4.69, 9.17) is 0 Å². The number of nitro groups is 1. The number of nitrogens with zero attached hydrogens (tertiary/aromatic N) is 2. The third-order valence-electron chi connectivity index (χ3n) is 4.12. The second-order valence-electron chi connectivity index (χ2n) is 6.12. The van der Waals surface area contributed by atoms with Crippen molar-refractivity contribution in [2.75, 3.05) is 6.54 Å². The second-order valence-corrected chi connectivity index (χ2v) is 6.12. The smallest absolute Gasteiger partial charge is 0.282 e. The van der Waals surface area contributed by atoms with Crippen LogP contribution in [0.1, 0.15) is 60.2 Å². The molecule has 0 spiro atoms. The molecule has 0 saturated carbocycles. The Hall–Kier alpha value is -2.77. The number of imide groups is 1. The molecule has 134 valence electrons. The zero-order valence-electron chi connectivity index (χ0n) is 14.3. The van der Waals surface area contributed by atoms with Crippen LogP contribution in [0.5, 0.6) is 0 Å². The Kier molecular flexibility index (Phi) is 5.84. The van der Waals surface area contributed by atoms with E-state index in [1.165, 1.54) is 18.2 Å². The summed E-state index contributed by atoms with van der Waals surface area (Å²) in [7, 11) is 0. The van der Waals surface area contributed by atoms with E-state index in [1.54, 1.807) is 0 Å². The van der Waals surface area contributed by atoms with Crippen molar-refractivity contribution in [3.05, 3.63) is 39.4 Å². The Morgan fingerprint density at radius 1 is 1.28 bits per heavy atom. The van der Waals surface area contributed by atoms with Crippen molar-refractivity contribution < 1.29 is 19.3 Å². The lowest BCUT2D eigenvalue weighted by Crippen LogP contribution is -2.43. The molecule has 25 heavy (non-hydrogen) atoms. The van der Waals surface area contributed by atoms with Gasteiger partial charge < -0.3 is 5.32 Å². The van der Waals surface area contributed by atoms with Gasteiger partial charge in [0, 0.05) is 12.1 Å². The number of nitro benzene ring substituents is 1. The van der Waals surface area contributed by atoms with Crippen molar-refractivity contribution in [3.8, 4) is 0 Å². The van der Waals surface area contributed by atoms with Crippen molar-refractivity contribution >= 4 is 23.4 Å². The first-order valence-corrected chi connectivity index (χ1v) is 8.29. The normalized spacial score (nSPS) is 14.4. The van der Waals surface area contributed by atoms with E-state index in [2.05, 4.69) is 12.2 Å². The Labute approximate surface area is 145 Å². The van der Waals surface area contributed by atoms with Crippen LogP contribution in [0, 0.1) is 10.1 Å². The lowest BCUT2D eigenvalue weighted by molar-refractivity contribution is -0.385. The summed E-state index contributed by atoms with van der Waals surface area (Å²) < 4.78 is 0. The first-order valence-electron chi connectivity index (χ1n) is 8.29. The topological polar surface area (TPSA) is 110 Å². The minimum Gasteiger partial charge on any atom is -0.352 e. The van der Waals surface area contributed by atoms with Gasteiger partial charge in [0.1, 0.15) is 12.1 Å². The van der Waals surface area contributed by atoms with E-state index < -0.39 is 34.9 Å². The summed E-state index contributed by atoms with van der Waals surface area (Å²) >= 11 is 0. The largest absolute Gasteiger partial charge is 0.352 e. The van der Waals surface area contributed by atoms with E-state index in [0.717, 1.165) is 30.6 Å². The third-order valence-corrected chi connectivity index (χ3v) is 4.12. The zero-order chi connectivity index (χ0) is 18.6. The maximum absolute atomic E-state index is 12.4. The number of fused-ring (bicyclic) bond motifs is 1. The molecule has 0 aromatic heterocycles. The molecule has 1 aromatic rings. The van der Waals surface area contributed by atoms with Crippen LogP contribution < -0.4 is 5.32 Å². The minimum absolute atomic E-state index is 0.0389. The SMILES string of the molecule is CCCCCC(C)NC(=O)CN1C(=O)c2cccc([N+](=O)[O-])c2C1=O. The summed E-state index contributed by atoms with van der Waals surface area (Å²) in [5.74, 6) is -1.94. The molecule has 3 amide bonds. The summed E-state index contributed by atoms with van der Waals surface area (Å²) in [5.41, 5.74) is -0.712. The second kappa shape index (κ2) is 7.87. The van der Waals surface area contributed by atoms with Gasteiger partial charge in [-0.25, -0.2) is 0 Å². The highest BCUT2D eigenvalue weighted by Gasteiger charge is 2.41. The highest BCUT2D eigenvalue weighted by molar-refractivity contribution is 6.24. The molecule has 8 heteroatoms. The molecule has 0 saturated heterocycles. The molecule has 0 aliphatic carbocycles. The van der Waals surface area contributed by atoms with Crippen molar-refractivity contribution in [2.45, 2.75) is 45.6 Å². The van der Waals surface area contributed by atoms with Gasteiger partial charge in [0.05, 0.1) is 10.5 Å². The number of hydrogen-bond acceptors (Lipinski definition) is 5. The molecule has 0 bridgehead atoms. The van der Waals surface area contributed by atoms with Crippen LogP contribution in [-0.4, -0.2) is 40.1 Å². The molecule has 8 nitrogen and oxygen atoms in total. The predicted octanol–water partition coefficient (Wildman–Crippen LogP) is 2.28. The first kappa shape index (κ1) is 18.6. The van der Waals surface area contributed by atoms with E-state index in [9.17, 15) is 24.5 Å². The molecule has 2 rings (SSSR count). The van der Waals surface area contributed by atoms with Crippen molar-refractivity contribution in [1.29, 1.82) is 0 Å². The molecule has 1 atom stereocenters. The number of hydrogen-bond donors (Lipinski definition) is 1. The lowest BCUT2D eigenvalue weighted by Gasteiger charge is -2.17. The zero-order valence-corrected chi connectivity index (χ0v) is 14.3. The monoisotopic (exact) mass is 347 g/mol. The molecule has 0 fully saturated rings. The fourth-order valence-corrected chi connectivity index (χ4v) is 2.85. The molecule has 0 radical (unpaired) electrons. The van der Waals surface area contributed by atoms with Crippen LogP contribution in [0.15, 0.2) is 18.2 Å². The number of unbranched alkanes of at least 4 members (excludes halogenated alkanes) is 2. The first-order chi connectivity index (χ1) is 11.9. The van der Waals surface area contributed by atoms with Gasteiger partial charge in [-0.2, -0.15) is 0 Å². The molecule has 1 aliphatic rings. The summed E-state index contributed by atoms with van der Waals surface area (Å²) in [6, 6.07) is 3.81. The van der Waals surface area contributed by atoms with Gasteiger partial charge >= 0.3 is 0 Å². The van der Waals surface area contributed by atoms with E-state index in [1.807, 2.05) is 6.92 Å². The van der Waals surface area contributed by atoms with Crippen LogP contribution in [0.25, 0.3) is 0 Å². The average Bonchev–Trinajstić information content (AvgIpc) is 2.80. The fourth-order valence-electron chi connectivity index (χ4n) is 2.85. The third kappa shape index (κ3) is 4.01. The summed E-state index contributed by atoms with van der Waals surface area (Å²) in [6.45, 7) is 3.51. The minimum atomic E-state index is -0.805. The molecule has 1 aromatic carbocycles. The number of amides is 3. The predicted molar refractivity (Wildman–Crippen MR) is 90.2 cm³/mol. The Bertz CT molecular complexity index is 716. The molecule has 1 unspecified atom stereocenters. The molecule has 1 N–H and O–H groups in total. The number of nitrogens with one attached hydrogen (secondary N) is 1. The van der Waals surface area contributed by atoms with Crippen LogP contribution in [0.3, 0.4) is 0 Å². The van der Waals surface area contributed by atoms with E-state index >= 15 is 0 Å². The van der Waals surface area contributed by atoms with Gasteiger partial charge in [-0.15, -0.1) is 0 Å². The van der Waals surface area contributed by atoms with Crippen molar-refractivity contribution in [1.82, 2.24) is 10.2 Å². The Morgan fingerprint density at radius 2 is 2.00 bits per heavy atom. The standard InChI is InChI=1S/C17H21N3O5/c1-3-4-5-7-11(2)18-14(21)10-19-16(22)12-8-6-9-13(20(24)25)15(12)17(19)23/h6,8-9,11H,3-5,7,10H2,1-2H3,(H,18,21). The van der Waals surface area contributed by atoms with Crippen molar-refractivity contribution in [3.63, 3.8) is 0 Å². The van der Waals surface area contributed by atoms with Crippen molar-refractivity contribution in [2.24, 2.45) is 0 Å². The van der Waals surface area contributed by atoms with Crippen LogP contribution in [-0.2, 0) is 4.79 Å². The van der Waals surface area contributed by atoms with Gasteiger partial charge in [0.2, 0.25) is 5.91 Å². The number of carbonyl (C=O) groups excluding carboxylic acids is 3. The highest BCUT2D eigenvalue weighted by Crippen LogP contribution is 2.30. The maximum atomic E-state index is 12.4. The van der Waals surface area contributed by atoms with E-state index in [-0.39, 0.29) is 17.2 Å². The van der Waals surface area contributed by atoms with Crippen LogP contribution in [0.2, 0.25) is 0 Å². The Morgan fingerprint density at radius 3 is 2.64 bits per heavy atom. The molecule has 1 aliphatic heterocycles. The maximum Gasteiger partial charge on any atom is 0.282 e. The number of benzene rings is 1. The number of carbonyl (C=O) groups is 3. The van der Waals surface area contributed by atoms with Gasteiger partial charge in [-0.3, -0.25) is 29.4 Å². The fraction of sp³-hybridized carbons (Fsp3) is 0.471. The Balaban J connectivity index is 2.06. The molecular formula is C17H21N3O5. The van der Waals surface area contributed by atoms with Gasteiger partial charge in [0.15, 0.2) is 0 Å². The lowest BCUT2D eigenvalue weighted by atomic mass is 10.1.